The predicted molar refractivity (Wildman–Crippen MR) is 152 cm³/mol. The molecule has 4 rings (SSSR count). The van der Waals surface area contributed by atoms with E-state index >= 15 is 0 Å². The molecule has 0 spiro atoms. The Morgan fingerprint density at radius 3 is 2.59 bits per heavy atom. The van der Waals surface area contributed by atoms with E-state index in [0.29, 0.717) is 48.6 Å². The van der Waals surface area contributed by atoms with Gasteiger partial charge in [-0.05, 0) is 79.4 Å². The Kier molecular flexibility index (Phi) is 9.40. The van der Waals surface area contributed by atoms with Crippen LogP contribution >= 0.6 is 0 Å². The van der Waals surface area contributed by atoms with E-state index < -0.39 is 12.5 Å². The van der Waals surface area contributed by atoms with Gasteiger partial charge in [0.1, 0.15) is 11.9 Å². The first kappa shape index (κ1) is 29.7. The topological polar surface area (TPSA) is 156 Å². The van der Waals surface area contributed by atoms with Crippen molar-refractivity contribution in [2.24, 2.45) is 28.1 Å². The number of alkyl halides is 3. The molecule has 0 radical (unpaired) electrons. The van der Waals surface area contributed by atoms with Crippen molar-refractivity contribution < 1.29 is 22.7 Å². The SMILES string of the molecule is CC(CN)Cc1cc(OC(F)(F)F)cc(C2=CC3=CN(c4ccc(CNCCCN=C(N)N)cc4)C(=O)NC3N2)c1. The largest absolute Gasteiger partial charge is 0.573 e. The van der Waals surface area contributed by atoms with Gasteiger partial charge < -0.3 is 37.9 Å². The van der Waals surface area contributed by atoms with Crippen LogP contribution < -0.4 is 42.8 Å². The molecule has 2 heterocycles. The van der Waals surface area contributed by atoms with Crippen LogP contribution in [0.5, 0.6) is 5.75 Å². The third-order valence-electron chi connectivity index (χ3n) is 6.56. The molecule has 220 valence electrons. The molecule has 9 N–H and O–H groups in total. The molecule has 2 aromatic rings. The number of aliphatic imine (C=N–C) groups is 1. The molecule has 2 aliphatic rings. The molecule has 0 aliphatic carbocycles. The maximum Gasteiger partial charge on any atom is 0.573 e. The Balaban J connectivity index is 1.48. The van der Waals surface area contributed by atoms with Gasteiger partial charge in [-0.2, -0.15) is 0 Å². The van der Waals surface area contributed by atoms with Gasteiger partial charge in [0.25, 0.3) is 0 Å². The number of benzene rings is 2. The Bertz CT molecular complexity index is 1320. The molecular formula is C28H35F3N8O2. The van der Waals surface area contributed by atoms with Crippen molar-refractivity contribution in [3.8, 4) is 5.75 Å². The summed E-state index contributed by atoms with van der Waals surface area (Å²) in [5, 5.41) is 9.41. The maximum absolute atomic E-state index is 13.0. The van der Waals surface area contributed by atoms with Crippen molar-refractivity contribution >= 4 is 23.4 Å². The van der Waals surface area contributed by atoms with Crippen LogP contribution in [0.25, 0.3) is 5.70 Å². The van der Waals surface area contributed by atoms with Crippen LogP contribution in [-0.4, -0.2) is 44.2 Å². The van der Waals surface area contributed by atoms with Gasteiger partial charge in [0.05, 0.1) is 5.69 Å². The fourth-order valence-electron chi connectivity index (χ4n) is 4.55. The number of anilines is 1. The van der Waals surface area contributed by atoms with Crippen molar-refractivity contribution in [3.05, 3.63) is 77.0 Å². The summed E-state index contributed by atoms with van der Waals surface area (Å²) in [5.74, 6) is -0.156. The molecule has 0 fully saturated rings. The molecule has 10 nitrogen and oxygen atoms in total. The number of carbonyl (C=O) groups excluding carboxylic acids is 1. The molecular weight excluding hydrogens is 537 g/mol. The zero-order chi connectivity index (χ0) is 29.6. The first-order chi connectivity index (χ1) is 19.5. The van der Waals surface area contributed by atoms with E-state index in [-0.39, 0.29) is 23.7 Å². The highest BCUT2D eigenvalue weighted by atomic mass is 19.4. The van der Waals surface area contributed by atoms with Gasteiger partial charge in [0.2, 0.25) is 0 Å². The fraction of sp³-hybridized carbons (Fsp3) is 0.357. The number of hydrogen-bond acceptors (Lipinski definition) is 6. The highest BCUT2D eigenvalue weighted by Gasteiger charge is 2.33. The lowest BCUT2D eigenvalue weighted by atomic mass is 9.98. The quantitative estimate of drug-likeness (QED) is 0.130. The summed E-state index contributed by atoms with van der Waals surface area (Å²) in [5.41, 5.74) is 20.6. The zero-order valence-corrected chi connectivity index (χ0v) is 22.7. The lowest BCUT2D eigenvalue weighted by Gasteiger charge is -2.29. The number of fused-ring (bicyclic) bond motifs is 1. The second kappa shape index (κ2) is 13.0. The van der Waals surface area contributed by atoms with Crippen LogP contribution in [0.2, 0.25) is 0 Å². The third-order valence-corrected chi connectivity index (χ3v) is 6.56. The number of amides is 2. The van der Waals surface area contributed by atoms with Crippen LogP contribution in [-0.2, 0) is 13.0 Å². The van der Waals surface area contributed by atoms with E-state index in [0.717, 1.165) is 24.1 Å². The van der Waals surface area contributed by atoms with Gasteiger partial charge in [-0.3, -0.25) is 9.89 Å². The normalized spacial score (nSPS) is 17.1. The van der Waals surface area contributed by atoms with Gasteiger partial charge >= 0.3 is 12.4 Å². The number of nitrogens with zero attached hydrogens (tertiary/aromatic N) is 2. The number of nitrogens with two attached hydrogens (primary N) is 3. The van der Waals surface area contributed by atoms with Crippen molar-refractivity contribution in [1.82, 2.24) is 16.0 Å². The maximum atomic E-state index is 13.0. The highest BCUT2D eigenvalue weighted by molar-refractivity contribution is 5.96. The van der Waals surface area contributed by atoms with Crippen molar-refractivity contribution in [3.63, 3.8) is 0 Å². The summed E-state index contributed by atoms with van der Waals surface area (Å²) in [7, 11) is 0. The standard InChI is InChI=1S/C28H35F3N8O2/c1-17(14-32)9-19-10-20(12-23(11-19)41-28(29,30)31)24-13-21-16-39(27(40)38-25(21)37-24)22-5-3-18(4-6-22)15-35-7-2-8-36-26(33)34/h3-6,10-13,16-17,25,35,37H,2,7-9,14-15,32H2,1H3,(H,38,40)(H4,33,34,36). The summed E-state index contributed by atoms with van der Waals surface area (Å²) in [6, 6.07) is 11.7. The molecule has 2 amide bonds. The number of halogens is 3. The molecule has 2 aromatic carbocycles. The number of hydrogen-bond donors (Lipinski definition) is 6. The van der Waals surface area contributed by atoms with Crippen LogP contribution in [0.15, 0.2) is 65.3 Å². The number of urea groups is 1. The van der Waals surface area contributed by atoms with Gasteiger partial charge in [-0.15, -0.1) is 13.2 Å². The highest BCUT2D eigenvalue weighted by Crippen LogP contribution is 2.32. The second-order valence-corrected chi connectivity index (χ2v) is 10.0. The number of guanidine groups is 1. The fourth-order valence-corrected chi connectivity index (χ4v) is 4.55. The molecule has 0 aromatic heterocycles. The van der Waals surface area contributed by atoms with E-state index in [1.165, 1.54) is 17.0 Å². The van der Waals surface area contributed by atoms with Crippen molar-refractivity contribution in [2.45, 2.75) is 38.8 Å². The van der Waals surface area contributed by atoms with Crippen molar-refractivity contribution in [2.75, 3.05) is 24.5 Å². The monoisotopic (exact) mass is 572 g/mol. The smallest absolute Gasteiger partial charge is 0.406 e. The summed E-state index contributed by atoms with van der Waals surface area (Å²) >= 11 is 0. The molecule has 0 bridgehead atoms. The van der Waals surface area contributed by atoms with Crippen molar-refractivity contribution in [1.29, 1.82) is 0 Å². The van der Waals surface area contributed by atoms with Crippen LogP contribution in [0.4, 0.5) is 23.7 Å². The number of ether oxygens (including phenoxy) is 1. The minimum atomic E-state index is -4.82. The van der Waals surface area contributed by atoms with E-state index in [1.807, 2.05) is 31.2 Å². The van der Waals surface area contributed by atoms with E-state index in [4.69, 9.17) is 17.2 Å². The molecule has 0 saturated heterocycles. The molecule has 13 heteroatoms. The first-order valence-corrected chi connectivity index (χ1v) is 13.3. The van der Waals surface area contributed by atoms with E-state index in [2.05, 4.69) is 25.7 Å². The molecule has 41 heavy (non-hydrogen) atoms. The van der Waals surface area contributed by atoms with Crippen LogP contribution in [0.3, 0.4) is 0 Å². The summed E-state index contributed by atoms with van der Waals surface area (Å²) in [6.07, 6.45) is -0.524. The molecule has 0 saturated carbocycles. The van der Waals surface area contributed by atoms with Crippen LogP contribution in [0.1, 0.15) is 30.0 Å². The van der Waals surface area contributed by atoms with Gasteiger partial charge in [0.15, 0.2) is 5.96 Å². The molecule has 2 atom stereocenters. The lowest BCUT2D eigenvalue weighted by molar-refractivity contribution is -0.274. The Labute approximate surface area is 236 Å². The number of carbonyl (C=O) groups is 1. The average molecular weight is 573 g/mol. The minimum absolute atomic E-state index is 0.0748. The molecule has 2 aliphatic heterocycles. The molecule has 2 unspecified atom stereocenters. The summed E-state index contributed by atoms with van der Waals surface area (Å²) in [6.45, 7) is 4.28. The summed E-state index contributed by atoms with van der Waals surface area (Å²) < 4.78 is 43.2. The number of nitrogens with one attached hydrogen (secondary N) is 3. The van der Waals surface area contributed by atoms with Gasteiger partial charge in [-0.1, -0.05) is 19.1 Å². The van der Waals surface area contributed by atoms with E-state index in [9.17, 15) is 18.0 Å². The second-order valence-electron chi connectivity index (χ2n) is 10.0. The number of rotatable bonds is 12. The van der Waals surface area contributed by atoms with Gasteiger partial charge in [-0.25, -0.2) is 4.79 Å². The third kappa shape index (κ3) is 8.38. The van der Waals surface area contributed by atoms with E-state index in [1.54, 1.807) is 18.3 Å². The Morgan fingerprint density at radius 2 is 1.90 bits per heavy atom. The lowest BCUT2D eigenvalue weighted by Crippen LogP contribution is -2.51. The Morgan fingerprint density at radius 1 is 1.15 bits per heavy atom. The summed E-state index contributed by atoms with van der Waals surface area (Å²) in [4.78, 5) is 18.4. The van der Waals surface area contributed by atoms with Crippen LogP contribution in [0, 0.1) is 5.92 Å². The van der Waals surface area contributed by atoms with Gasteiger partial charge in [0, 0.05) is 36.1 Å². The Hall–Kier alpha value is -4.23. The first-order valence-electron chi connectivity index (χ1n) is 13.3. The predicted octanol–water partition coefficient (Wildman–Crippen LogP) is 2.86. The zero-order valence-electron chi connectivity index (χ0n) is 22.7. The minimum Gasteiger partial charge on any atom is -0.406 e. The average Bonchev–Trinajstić information content (AvgIpc) is 3.32.